The number of hydrogen-bond acceptors (Lipinski definition) is 5. The van der Waals surface area contributed by atoms with Crippen molar-refractivity contribution in [2.75, 3.05) is 26.2 Å². The minimum absolute atomic E-state index is 0.215. The zero-order chi connectivity index (χ0) is 18.6. The zero-order valence-electron chi connectivity index (χ0n) is 16.1. The van der Waals surface area contributed by atoms with Crippen molar-refractivity contribution in [1.82, 2.24) is 20.0 Å². The molecule has 0 N–H and O–H groups in total. The molecular weight excluding hydrogens is 340 g/mol. The molecule has 2 fully saturated rings. The first-order valence-electron chi connectivity index (χ1n) is 10.1. The summed E-state index contributed by atoms with van der Waals surface area (Å²) in [4.78, 5) is 17.3. The number of carbonyl (C=O) groups excluding carboxylic acids is 1. The van der Waals surface area contributed by atoms with Gasteiger partial charge in [-0.25, -0.2) is 0 Å². The average molecular weight is 368 g/mol. The first-order chi connectivity index (χ1) is 13.2. The third-order valence-corrected chi connectivity index (χ3v) is 5.68. The molecule has 0 radical (unpaired) electrons. The van der Waals surface area contributed by atoms with Crippen molar-refractivity contribution in [1.29, 1.82) is 0 Å². The van der Waals surface area contributed by atoms with Crippen LogP contribution < -0.4 is 0 Å². The molecule has 27 heavy (non-hydrogen) atoms. The second-order valence-corrected chi connectivity index (χ2v) is 7.76. The molecule has 0 spiro atoms. The van der Waals surface area contributed by atoms with Gasteiger partial charge in [-0.2, -0.15) is 0 Å². The number of nitrogens with zero attached hydrogens (tertiary/aromatic N) is 4. The first kappa shape index (κ1) is 18.2. The Morgan fingerprint density at radius 1 is 1.11 bits per heavy atom. The van der Waals surface area contributed by atoms with Crippen molar-refractivity contribution in [3.05, 3.63) is 35.7 Å². The molecule has 144 valence electrons. The van der Waals surface area contributed by atoms with Gasteiger partial charge in [-0.3, -0.25) is 4.79 Å². The lowest BCUT2D eigenvalue weighted by Crippen LogP contribution is -2.42. The molecule has 2 aromatic rings. The minimum atomic E-state index is 0.215. The van der Waals surface area contributed by atoms with Crippen LogP contribution in [0.1, 0.15) is 43.6 Å². The molecule has 2 saturated heterocycles. The predicted octanol–water partition coefficient (Wildman–Crippen LogP) is 3.06. The van der Waals surface area contributed by atoms with E-state index in [-0.39, 0.29) is 5.91 Å². The van der Waals surface area contributed by atoms with E-state index in [1.165, 1.54) is 31.5 Å². The van der Waals surface area contributed by atoms with Crippen LogP contribution in [0, 0.1) is 6.92 Å². The molecule has 1 atom stereocenters. The van der Waals surface area contributed by atoms with E-state index in [1.54, 1.807) is 0 Å². The van der Waals surface area contributed by atoms with Crippen LogP contribution in [-0.4, -0.2) is 58.1 Å². The summed E-state index contributed by atoms with van der Waals surface area (Å²) in [5.74, 6) is 1.27. The highest BCUT2D eigenvalue weighted by atomic mass is 16.4. The van der Waals surface area contributed by atoms with Gasteiger partial charge in [0.05, 0.1) is 0 Å². The Bertz CT molecular complexity index is 765. The third kappa shape index (κ3) is 4.38. The molecule has 3 heterocycles. The van der Waals surface area contributed by atoms with Gasteiger partial charge >= 0.3 is 0 Å². The van der Waals surface area contributed by atoms with E-state index in [0.29, 0.717) is 30.7 Å². The van der Waals surface area contributed by atoms with E-state index in [1.807, 2.05) is 31.2 Å². The summed E-state index contributed by atoms with van der Waals surface area (Å²) in [6, 6.07) is 8.38. The van der Waals surface area contributed by atoms with Crippen molar-refractivity contribution in [2.24, 2.45) is 0 Å². The number of amides is 1. The molecule has 0 unspecified atom stereocenters. The monoisotopic (exact) mass is 368 g/mol. The number of aromatic nitrogens is 2. The van der Waals surface area contributed by atoms with E-state index in [2.05, 4.69) is 20.0 Å². The number of benzene rings is 1. The molecular formula is C21H28N4O2. The Kier molecular flexibility index (Phi) is 5.53. The Hall–Kier alpha value is -2.21. The largest absolute Gasteiger partial charge is 0.421 e. The van der Waals surface area contributed by atoms with Crippen LogP contribution in [0.2, 0.25) is 0 Å². The lowest BCUT2D eigenvalue weighted by Gasteiger charge is -2.28. The molecule has 4 rings (SSSR count). The summed E-state index contributed by atoms with van der Waals surface area (Å²) in [5.41, 5.74) is 2.11. The molecule has 0 bridgehead atoms. The van der Waals surface area contributed by atoms with E-state index in [4.69, 9.17) is 4.42 Å². The number of aryl methyl sites for hydroxylation is 2. The van der Waals surface area contributed by atoms with E-state index < -0.39 is 0 Å². The van der Waals surface area contributed by atoms with Crippen LogP contribution in [0.25, 0.3) is 11.5 Å². The highest BCUT2D eigenvalue weighted by Crippen LogP contribution is 2.22. The van der Waals surface area contributed by atoms with Crippen LogP contribution in [0.3, 0.4) is 0 Å². The summed E-state index contributed by atoms with van der Waals surface area (Å²) >= 11 is 0. The van der Waals surface area contributed by atoms with E-state index in [0.717, 1.165) is 31.5 Å². The maximum Gasteiger partial charge on any atom is 0.247 e. The fraction of sp³-hybridized carbons (Fsp3) is 0.571. The topological polar surface area (TPSA) is 62.5 Å². The van der Waals surface area contributed by atoms with Crippen LogP contribution in [0.5, 0.6) is 0 Å². The SMILES string of the molecule is Cc1ccc(-c2nnc(CCC(=O)N3CCC[C@@H]3CN3CCCC3)o2)cc1. The van der Waals surface area contributed by atoms with Gasteiger partial charge < -0.3 is 14.2 Å². The van der Waals surface area contributed by atoms with E-state index >= 15 is 0 Å². The standard InChI is InChI=1S/C21H28N4O2/c1-16-6-8-17(9-7-16)21-23-22-19(27-21)10-11-20(26)25-14-4-5-18(25)15-24-12-2-3-13-24/h6-9,18H,2-5,10-15H2,1H3/t18-/m1/s1. The summed E-state index contributed by atoms with van der Waals surface area (Å²) in [6.07, 6.45) is 5.77. The van der Waals surface area contributed by atoms with Gasteiger partial charge in [0.1, 0.15) is 0 Å². The van der Waals surface area contributed by atoms with Gasteiger partial charge in [-0.05, 0) is 57.8 Å². The minimum Gasteiger partial charge on any atom is -0.421 e. The fourth-order valence-corrected chi connectivity index (χ4v) is 4.14. The molecule has 1 aromatic heterocycles. The summed E-state index contributed by atoms with van der Waals surface area (Å²) in [7, 11) is 0. The van der Waals surface area contributed by atoms with Gasteiger partial charge in [-0.15, -0.1) is 10.2 Å². The van der Waals surface area contributed by atoms with Crippen LogP contribution in [0.4, 0.5) is 0 Å². The number of hydrogen-bond donors (Lipinski definition) is 0. The number of likely N-dealkylation sites (tertiary alicyclic amines) is 2. The highest BCUT2D eigenvalue weighted by molar-refractivity contribution is 5.77. The molecule has 6 nitrogen and oxygen atoms in total. The summed E-state index contributed by atoms with van der Waals surface area (Å²) in [5, 5.41) is 8.25. The smallest absolute Gasteiger partial charge is 0.247 e. The van der Waals surface area contributed by atoms with Crippen LogP contribution in [0.15, 0.2) is 28.7 Å². The Morgan fingerprint density at radius 3 is 2.67 bits per heavy atom. The number of rotatable bonds is 6. The molecule has 1 amide bonds. The van der Waals surface area contributed by atoms with Crippen molar-refractivity contribution < 1.29 is 9.21 Å². The van der Waals surface area contributed by atoms with Gasteiger partial charge in [0.15, 0.2) is 0 Å². The highest BCUT2D eigenvalue weighted by Gasteiger charge is 2.30. The Morgan fingerprint density at radius 2 is 1.89 bits per heavy atom. The van der Waals surface area contributed by atoms with Gasteiger partial charge in [0, 0.05) is 37.5 Å². The van der Waals surface area contributed by atoms with Crippen molar-refractivity contribution in [2.45, 2.75) is 51.5 Å². The maximum atomic E-state index is 12.7. The van der Waals surface area contributed by atoms with Crippen LogP contribution >= 0.6 is 0 Å². The quantitative estimate of drug-likeness (QED) is 0.784. The maximum absolute atomic E-state index is 12.7. The molecule has 1 aromatic carbocycles. The second-order valence-electron chi connectivity index (χ2n) is 7.76. The van der Waals surface area contributed by atoms with Gasteiger partial charge in [-0.1, -0.05) is 17.7 Å². The summed E-state index contributed by atoms with van der Waals surface area (Å²) in [6.45, 7) is 6.33. The third-order valence-electron chi connectivity index (χ3n) is 5.68. The predicted molar refractivity (Wildman–Crippen MR) is 103 cm³/mol. The molecule has 6 heteroatoms. The first-order valence-corrected chi connectivity index (χ1v) is 10.1. The Labute approximate surface area is 160 Å². The van der Waals surface area contributed by atoms with Crippen molar-refractivity contribution in [3.63, 3.8) is 0 Å². The van der Waals surface area contributed by atoms with Crippen LogP contribution in [-0.2, 0) is 11.2 Å². The lowest BCUT2D eigenvalue weighted by molar-refractivity contribution is -0.132. The normalized spacial score (nSPS) is 20.5. The second kappa shape index (κ2) is 8.21. The zero-order valence-corrected chi connectivity index (χ0v) is 16.1. The summed E-state index contributed by atoms with van der Waals surface area (Å²) < 4.78 is 5.76. The number of carbonyl (C=O) groups is 1. The molecule has 2 aliphatic rings. The van der Waals surface area contributed by atoms with Gasteiger partial charge in [0.2, 0.25) is 17.7 Å². The lowest BCUT2D eigenvalue weighted by atomic mass is 10.1. The van der Waals surface area contributed by atoms with Crippen molar-refractivity contribution in [3.8, 4) is 11.5 Å². The van der Waals surface area contributed by atoms with Gasteiger partial charge in [0.25, 0.3) is 0 Å². The fourth-order valence-electron chi connectivity index (χ4n) is 4.14. The molecule has 2 aliphatic heterocycles. The molecule has 0 saturated carbocycles. The van der Waals surface area contributed by atoms with Crippen molar-refractivity contribution >= 4 is 5.91 Å². The van der Waals surface area contributed by atoms with E-state index in [9.17, 15) is 4.79 Å². The Balaban J connectivity index is 1.31. The molecule has 0 aliphatic carbocycles. The average Bonchev–Trinajstić information content (AvgIpc) is 3.43.